The molecule has 106 valence electrons. The molecule has 1 fully saturated rings. The van der Waals surface area contributed by atoms with E-state index in [9.17, 15) is 9.59 Å². The van der Waals surface area contributed by atoms with Crippen LogP contribution >= 0.6 is 0 Å². The van der Waals surface area contributed by atoms with Gasteiger partial charge < -0.3 is 19.6 Å². The summed E-state index contributed by atoms with van der Waals surface area (Å²) in [4.78, 5) is 29.5. The smallest absolute Gasteiger partial charge is 0.410 e. The molecule has 7 nitrogen and oxygen atoms in total. The highest BCUT2D eigenvalue weighted by Crippen LogP contribution is 2.34. The summed E-state index contributed by atoms with van der Waals surface area (Å²) in [5.41, 5.74) is -1.23. The standard InChI is InChI=1S/C12H18N2O5/c1-11(2,3)18-10(17)14-5-4-12(7-14)6-8(9(15)16)13-19-12/h4-7H2,1-3H3,(H,15,16). The SMILES string of the molecule is CC(C)(C)OC(=O)N1CCC2(CC(C(=O)O)=NO2)C1. The van der Waals surface area contributed by atoms with Crippen LogP contribution < -0.4 is 0 Å². The van der Waals surface area contributed by atoms with Crippen molar-refractivity contribution in [2.24, 2.45) is 5.16 Å². The van der Waals surface area contributed by atoms with Gasteiger partial charge in [0.1, 0.15) is 5.60 Å². The summed E-state index contributed by atoms with van der Waals surface area (Å²) in [5, 5.41) is 12.4. The first-order valence-corrected chi connectivity index (χ1v) is 6.17. The summed E-state index contributed by atoms with van der Waals surface area (Å²) in [7, 11) is 0. The highest BCUT2D eigenvalue weighted by molar-refractivity contribution is 6.36. The van der Waals surface area contributed by atoms with Gasteiger partial charge in [-0.15, -0.1) is 0 Å². The number of carbonyl (C=O) groups is 2. The molecule has 2 aliphatic rings. The number of oxime groups is 1. The van der Waals surface area contributed by atoms with Gasteiger partial charge in [0.2, 0.25) is 0 Å². The zero-order chi connectivity index (χ0) is 14.3. The van der Waals surface area contributed by atoms with Crippen molar-refractivity contribution in [3.05, 3.63) is 0 Å². The maximum absolute atomic E-state index is 11.9. The fourth-order valence-electron chi connectivity index (χ4n) is 2.18. The summed E-state index contributed by atoms with van der Waals surface area (Å²) in [6.45, 7) is 6.19. The van der Waals surface area contributed by atoms with Crippen molar-refractivity contribution in [2.45, 2.75) is 44.8 Å². The number of likely N-dealkylation sites (tertiary alicyclic amines) is 1. The molecule has 1 amide bonds. The van der Waals surface area contributed by atoms with Crippen molar-refractivity contribution in [2.75, 3.05) is 13.1 Å². The Balaban J connectivity index is 1.95. The summed E-state index contributed by atoms with van der Waals surface area (Å²) in [6, 6.07) is 0. The Morgan fingerprint density at radius 2 is 2.16 bits per heavy atom. The zero-order valence-electron chi connectivity index (χ0n) is 11.3. The van der Waals surface area contributed by atoms with E-state index < -0.39 is 23.3 Å². The Bertz CT molecular complexity index is 440. The molecule has 2 rings (SSSR count). The first-order chi connectivity index (χ1) is 8.71. The first-order valence-electron chi connectivity index (χ1n) is 6.17. The minimum atomic E-state index is -1.08. The van der Waals surface area contributed by atoms with Gasteiger partial charge in [0.05, 0.1) is 6.54 Å². The molecule has 19 heavy (non-hydrogen) atoms. The van der Waals surface area contributed by atoms with Crippen LogP contribution in [0.4, 0.5) is 4.79 Å². The number of ether oxygens (including phenoxy) is 1. The van der Waals surface area contributed by atoms with Gasteiger partial charge >= 0.3 is 12.1 Å². The Hall–Kier alpha value is -1.79. The predicted molar refractivity (Wildman–Crippen MR) is 65.9 cm³/mol. The monoisotopic (exact) mass is 270 g/mol. The Kier molecular flexibility index (Phi) is 3.15. The summed E-state index contributed by atoms with van der Waals surface area (Å²) >= 11 is 0. The number of rotatable bonds is 1. The van der Waals surface area contributed by atoms with Gasteiger partial charge in [-0.25, -0.2) is 9.59 Å². The number of nitrogens with zero attached hydrogens (tertiary/aromatic N) is 2. The molecule has 7 heteroatoms. The highest BCUT2D eigenvalue weighted by atomic mass is 16.7. The van der Waals surface area contributed by atoms with Crippen LogP contribution in [0.5, 0.6) is 0 Å². The Morgan fingerprint density at radius 3 is 2.68 bits per heavy atom. The highest BCUT2D eigenvalue weighted by Gasteiger charge is 2.48. The second-order valence-electron chi connectivity index (χ2n) is 5.95. The Labute approximate surface area is 111 Å². The van der Waals surface area contributed by atoms with E-state index in [1.165, 1.54) is 4.90 Å². The normalized spacial score (nSPS) is 26.3. The second kappa shape index (κ2) is 4.40. The molecule has 0 aromatic rings. The molecule has 1 atom stereocenters. The number of aliphatic carboxylic acids is 1. The third kappa shape index (κ3) is 2.97. The molecule has 0 saturated carbocycles. The molecule has 0 radical (unpaired) electrons. The van der Waals surface area contributed by atoms with Gasteiger partial charge in [0.15, 0.2) is 11.3 Å². The van der Waals surface area contributed by atoms with E-state index in [1.54, 1.807) is 20.8 Å². The van der Waals surface area contributed by atoms with Crippen LogP contribution in [-0.4, -0.2) is 52.1 Å². The average molecular weight is 270 g/mol. The first kappa shape index (κ1) is 13.6. The van der Waals surface area contributed by atoms with Gasteiger partial charge in [-0.3, -0.25) is 0 Å². The molecule has 2 aliphatic heterocycles. The van der Waals surface area contributed by atoms with E-state index in [1.807, 2.05) is 0 Å². The van der Waals surface area contributed by atoms with Crippen LogP contribution in [0.3, 0.4) is 0 Å². The number of hydrogen-bond acceptors (Lipinski definition) is 5. The lowest BCUT2D eigenvalue weighted by atomic mass is 9.97. The molecule has 0 aliphatic carbocycles. The van der Waals surface area contributed by atoms with E-state index in [0.717, 1.165) is 0 Å². The lowest BCUT2D eigenvalue weighted by Crippen LogP contribution is -2.39. The molecule has 0 aromatic heterocycles. The van der Waals surface area contributed by atoms with Gasteiger partial charge in [-0.2, -0.15) is 0 Å². The van der Waals surface area contributed by atoms with Crippen LogP contribution in [0.25, 0.3) is 0 Å². The van der Waals surface area contributed by atoms with Crippen molar-refractivity contribution in [3.8, 4) is 0 Å². The summed E-state index contributed by atoms with van der Waals surface area (Å²) in [6.07, 6.45) is 0.380. The number of amides is 1. The number of carbonyl (C=O) groups excluding carboxylic acids is 1. The minimum absolute atomic E-state index is 0.00559. The fourth-order valence-corrected chi connectivity index (χ4v) is 2.18. The van der Waals surface area contributed by atoms with Gasteiger partial charge in [0.25, 0.3) is 0 Å². The number of carboxylic acid groups (broad SMARTS) is 1. The van der Waals surface area contributed by atoms with E-state index in [0.29, 0.717) is 19.5 Å². The minimum Gasteiger partial charge on any atom is -0.477 e. The van der Waals surface area contributed by atoms with Crippen molar-refractivity contribution in [1.29, 1.82) is 0 Å². The molecular formula is C12H18N2O5. The van der Waals surface area contributed by atoms with Crippen LogP contribution in [0.2, 0.25) is 0 Å². The second-order valence-corrected chi connectivity index (χ2v) is 5.95. The van der Waals surface area contributed by atoms with Crippen LogP contribution in [0.15, 0.2) is 5.16 Å². The number of carboxylic acids is 1. The van der Waals surface area contributed by atoms with E-state index in [4.69, 9.17) is 14.7 Å². The van der Waals surface area contributed by atoms with Gasteiger partial charge in [-0.1, -0.05) is 5.16 Å². The van der Waals surface area contributed by atoms with Crippen molar-refractivity contribution < 1.29 is 24.3 Å². The molecule has 1 saturated heterocycles. The van der Waals surface area contributed by atoms with Crippen molar-refractivity contribution >= 4 is 17.8 Å². The molecular weight excluding hydrogens is 252 g/mol. The molecule has 2 heterocycles. The van der Waals surface area contributed by atoms with E-state index in [-0.39, 0.29) is 12.1 Å². The quantitative estimate of drug-likeness (QED) is 0.774. The van der Waals surface area contributed by atoms with Crippen LogP contribution in [0, 0.1) is 0 Å². The lowest BCUT2D eigenvalue weighted by Gasteiger charge is -2.25. The molecule has 0 aromatic carbocycles. The van der Waals surface area contributed by atoms with Crippen molar-refractivity contribution in [1.82, 2.24) is 4.90 Å². The molecule has 0 bridgehead atoms. The predicted octanol–water partition coefficient (Wildman–Crippen LogP) is 1.23. The molecule has 1 N–H and O–H groups in total. The van der Waals surface area contributed by atoms with E-state index in [2.05, 4.69) is 5.16 Å². The topological polar surface area (TPSA) is 88.4 Å². The maximum atomic E-state index is 11.9. The Morgan fingerprint density at radius 1 is 1.47 bits per heavy atom. The van der Waals surface area contributed by atoms with Crippen molar-refractivity contribution in [3.63, 3.8) is 0 Å². The van der Waals surface area contributed by atoms with Gasteiger partial charge in [0, 0.05) is 19.4 Å². The zero-order valence-corrected chi connectivity index (χ0v) is 11.3. The molecule has 1 spiro atoms. The van der Waals surface area contributed by atoms with Gasteiger partial charge in [-0.05, 0) is 20.8 Å². The maximum Gasteiger partial charge on any atom is 0.410 e. The molecule has 1 unspecified atom stereocenters. The largest absolute Gasteiger partial charge is 0.477 e. The van der Waals surface area contributed by atoms with Crippen LogP contribution in [0.1, 0.15) is 33.6 Å². The van der Waals surface area contributed by atoms with Crippen LogP contribution in [-0.2, 0) is 14.4 Å². The lowest BCUT2D eigenvalue weighted by molar-refractivity contribution is -0.129. The third-order valence-corrected chi connectivity index (χ3v) is 3.05. The third-order valence-electron chi connectivity index (χ3n) is 3.05. The van der Waals surface area contributed by atoms with E-state index >= 15 is 0 Å². The fraction of sp³-hybridized carbons (Fsp3) is 0.750. The average Bonchev–Trinajstić information content (AvgIpc) is 2.85. The summed E-state index contributed by atoms with van der Waals surface area (Å²) < 4.78 is 5.28. The number of hydrogen-bond donors (Lipinski definition) is 1. The summed E-state index contributed by atoms with van der Waals surface area (Å²) in [5.74, 6) is -1.08.